The lowest BCUT2D eigenvalue weighted by atomic mass is 9.81. The lowest BCUT2D eigenvalue weighted by Gasteiger charge is -2.19. The molecule has 1 aliphatic heterocycles. The predicted octanol–water partition coefficient (Wildman–Crippen LogP) is 3.40. The summed E-state index contributed by atoms with van der Waals surface area (Å²) in [6.45, 7) is 2.74. The highest BCUT2D eigenvalue weighted by molar-refractivity contribution is 7.16. The number of aryl methyl sites for hydroxylation is 1. The molecular formula is C21H25N3O3S2. The van der Waals surface area contributed by atoms with Gasteiger partial charge in [-0.25, -0.2) is 4.98 Å². The van der Waals surface area contributed by atoms with Crippen LogP contribution in [0.4, 0.5) is 0 Å². The first-order valence-electron chi connectivity index (χ1n) is 10.2. The first kappa shape index (κ1) is 20.2. The average Bonchev–Trinajstić information content (AvgIpc) is 3.41. The summed E-state index contributed by atoms with van der Waals surface area (Å²) in [5, 5.41) is 6.02. The molecule has 0 aromatic carbocycles. The Morgan fingerprint density at radius 3 is 2.59 bits per heavy atom. The van der Waals surface area contributed by atoms with E-state index in [1.807, 2.05) is 6.92 Å². The van der Waals surface area contributed by atoms with E-state index in [4.69, 9.17) is 0 Å². The fourth-order valence-corrected chi connectivity index (χ4v) is 5.86. The number of rotatable bonds is 7. The minimum absolute atomic E-state index is 0.0732. The van der Waals surface area contributed by atoms with Crippen molar-refractivity contribution in [1.29, 1.82) is 0 Å². The topological polar surface area (TPSA) is 79.4 Å². The van der Waals surface area contributed by atoms with Crippen LogP contribution in [0.15, 0.2) is 17.5 Å². The number of carbonyl (C=O) groups excluding carboxylic acids is 3. The highest BCUT2D eigenvalue weighted by Gasteiger charge is 2.47. The van der Waals surface area contributed by atoms with E-state index >= 15 is 0 Å². The summed E-state index contributed by atoms with van der Waals surface area (Å²) >= 11 is 3.33. The summed E-state index contributed by atoms with van der Waals surface area (Å²) in [6, 6.07) is 4.14. The van der Waals surface area contributed by atoms with Crippen molar-refractivity contribution < 1.29 is 14.4 Å². The molecule has 2 fully saturated rings. The van der Waals surface area contributed by atoms with Crippen molar-refractivity contribution in [2.24, 2.45) is 11.8 Å². The van der Waals surface area contributed by atoms with Gasteiger partial charge in [-0.3, -0.25) is 19.3 Å². The molecule has 1 N–H and O–H groups in total. The Morgan fingerprint density at radius 2 is 1.93 bits per heavy atom. The number of hydrogen-bond acceptors (Lipinski definition) is 6. The zero-order valence-electron chi connectivity index (χ0n) is 16.5. The van der Waals surface area contributed by atoms with Crippen molar-refractivity contribution in [1.82, 2.24) is 15.2 Å². The van der Waals surface area contributed by atoms with E-state index in [0.29, 0.717) is 6.54 Å². The fourth-order valence-electron chi connectivity index (χ4n) is 4.20. The Labute approximate surface area is 178 Å². The summed E-state index contributed by atoms with van der Waals surface area (Å²) in [6.07, 6.45) is 4.57. The smallest absolute Gasteiger partial charge is 0.233 e. The number of carbonyl (C=O) groups is 3. The second-order valence-electron chi connectivity index (χ2n) is 7.69. The van der Waals surface area contributed by atoms with Crippen LogP contribution in [0.3, 0.4) is 0 Å². The molecule has 1 saturated carbocycles. The maximum atomic E-state index is 12.5. The van der Waals surface area contributed by atoms with Crippen molar-refractivity contribution >= 4 is 40.4 Å². The summed E-state index contributed by atoms with van der Waals surface area (Å²) in [5.74, 6) is -0.554. The maximum Gasteiger partial charge on any atom is 0.233 e. The second kappa shape index (κ2) is 8.75. The van der Waals surface area contributed by atoms with Crippen LogP contribution in [0, 0.1) is 18.8 Å². The van der Waals surface area contributed by atoms with Crippen LogP contribution in [-0.2, 0) is 20.8 Å². The van der Waals surface area contributed by atoms with Crippen LogP contribution >= 0.6 is 22.7 Å². The van der Waals surface area contributed by atoms with E-state index in [1.165, 1.54) is 9.78 Å². The molecule has 1 saturated heterocycles. The lowest BCUT2D eigenvalue weighted by molar-refractivity contribution is -0.140. The molecule has 3 heterocycles. The van der Waals surface area contributed by atoms with Gasteiger partial charge in [-0.2, -0.15) is 0 Å². The first-order chi connectivity index (χ1) is 14.0. The predicted molar refractivity (Wildman–Crippen MR) is 114 cm³/mol. The van der Waals surface area contributed by atoms with Gasteiger partial charge in [-0.05, 0) is 38.3 Å². The Kier molecular flexibility index (Phi) is 6.10. The van der Waals surface area contributed by atoms with Crippen molar-refractivity contribution in [3.63, 3.8) is 0 Å². The number of hydrogen-bond donors (Lipinski definition) is 1. The van der Waals surface area contributed by atoms with Crippen molar-refractivity contribution in [2.45, 2.75) is 45.4 Å². The molecule has 2 unspecified atom stereocenters. The summed E-state index contributed by atoms with van der Waals surface area (Å²) in [4.78, 5) is 45.2. The van der Waals surface area contributed by atoms with Crippen molar-refractivity contribution in [2.75, 3.05) is 13.1 Å². The number of fused-ring (bicyclic) bond motifs is 1. The minimum Gasteiger partial charge on any atom is -0.356 e. The Hall–Kier alpha value is -2.06. The van der Waals surface area contributed by atoms with Crippen LogP contribution in [0.2, 0.25) is 0 Å². The molecule has 2 aromatic rings. The average molecular weight is 432 g/mol. The van der Waals surface area contributed by atoms with Crippen molar-refractivity contribution in [3.05, 3.63) is 27.4 Å². The molecule has 3 amide bonds. The van der Waals surface area contributed by atoms with E-state index in [1.54, 1.807) is 22.7 Å². The number of amides is 3. The molecule has 6 nitrogen and oxygen atoms in total. The summed E-state index contributed by atoms with van der Waals surface area (Å²) in [5.41, 5.74) is 1.01. The molecular weight excluding hydrogens is 406 g/mol. The molecule has 1 aliphatic carbocycles. The second-order valence-corrected chi connectivity index (χ2v) is 9.92. The van der Waals surface area contributed by atoms with Gasteiger partial charge in [-0.1, -0.05) is 12.8 Å². The Morgan fingerprint density at radius 1 is 1.21 bits per heavy atom. The van der Waals surface area contributed by atoms with Crippen LogP contribution in [0.5, 0.6) is 0 Å². The van der Waals surface area contributed by atoms with Gasteiger partial charge in [0.1, 0.15) is 0 Å². The molecule has 0 spiro atoms. The van der Waals surface area contributed by atoms with E-state index in [9.17, 15) is 14.4 Å². The zero-order chi connectivity index (χ0) is 20.4. The largest absolute Gasteiger partial charge is 0.356 e. The molecule has 0 radical (unpaired) electrons. The summed E-state index contributed by atoms with van der Waals surface area (Å²) < 4.78 is 0. The van der Waals surface area contributed by atoms with Gasteiger partial charge in [0.25, 0.3) is 0 Å². The summed E-state index contributed by atoms with van der Waals surface area (Å²) in [7, 11) is 0. The number of thiophene rings is 1. The van der Waals surface area contributed by atoms with Gasteiger partial charge >= 0.3 is 0 Å². The van der Waals surface area contributed by atoms with Crippen LogP contribution < -0.4 is 5.32 Å². The molecule has 29 heavy (non-hydrogen) atoms. The number of likely N-dealkylation sites (tertiary alicyclic amines) is 1. The highest BCUT2D eigenvalue weighted by atomic mass is 32.1. The number of nitrogens with zero attached hydrogens (tertiary/aromatic N) is 2. The Balaban J connectivity index is 1.21. The van der Waals surface area contributed by atoms with Crippen LogP contribution in [0.25, 0.3) is 10.6 Å². The minimum atomic E-state index is -0.145. The molecule has 2 aromatic heterocycles. The third-order valence-electron chi connectivity index (χ3n) is 5.72. The number of nitrogens with one attached hydrogen (secondary N) is 1. The van der Waals surface area contributed by atoms with E-state index in [2.05, 4.69) is 27.8 Å². The monoisotopic (exact) mass is 431 g/mol. The SMILES string of the molecule is Cc1nc(-c2ccc(CCNC(=O)CCN3C(=O)C4CCCCC4C3=O)s2)cs1. The third kappa shape index (κ3) is 4.43. The van der Waals surface area contributed by atoms with Gasteiger partial charge in [0.15, 0.2) is 0 Å². The van der Waals surface area contributed by atoms with E-state index in [-0.39, 0.29) is 42.5 Å². The normalized spacial score (nSPS) is 21.5. The van der Waals surface area contributed by atoms with Gasteiger partial charge in [0, 0.05) is 29.8 Å². The lowest BCUT2D eigenvalue weighted by Crippen LogP contribution is -2.35. The fraction of sp³-hybridized carbons (Fsp3) is 0.524. The number of imide groups is 1. The van der Waals surface area contributed by atoms with Crippen LogP contribution in [0.1, 0.15) is 42.0 Å². The quantitative estimate of drug-likeness (QED) is 0.682. The zero-order valence-corrected chi connectivity index (χ0v) is 18.1. The van der Waals surface area contributed by atoms with Gasteiger partial charge in [0.2, 0.25) is 17.7 Å². The molecule has 8 heteroatoms. The Bertz CT molecular complexity index is 896. The standard InChI is InChI=1S/C21H25N3O3S2/c1-13-23-17(12-28-13)18-7-6-14(29-18)8-10-22-19(25)9-11-24-20(26)15-4-2-3-5-16(15)21(24)27/h6-7,12,15-16H,2-5,8-11H2,1H3,(H,22,25). The van der Waals surface area contributed by atoms with Gasteiger partial charge in [0.05, 0.1) is 27.4 Å². The highest BCUT2D eigenvalue weighted by Crippen LogP contribution is 2.38. The molecule has 2 aliphatic rings. The molecule has 0 bridgehead atoms. The third-order valence-corrected chi connectivity index (χ3v) is 7.66. The number of thiazole rings is 1. The molecule has 2 atom stereocenters. The van der Waals surface area contributed by atoms with E-state index < -0.39 is 0 Å². The van der Waals surface area contributed by atoms with Crippen LogP contribution in [-0.4, -0.2) is 40.7 Å². The number of aromatic nitrogens is 1. The van der Waals surface area contributed by atoms with Gasteiger partial charge < -0.3 is 5.32 Å². The van der Waals surface area contributed by atoms with Crippen molar-refractivity contribution in [3.8, 4) is 10.6 Å². The van der Waals surface area contributed by atoms with Gasteiger partial charge in [-0.15, -0.1) is 22.7 Å². The molecule has 154 valence electrons. The first-order valence-corrected chi connectivity index (χ1v) is 11.9. The van der Waals surface area contributed by atoms with E-state index in [0.717, 1.165) is 47.7 Å². The maximum absolute atomic E-state index is 12.5. The molecule has 4 rings (SSSR count).